The van der Waals surface area contributed by atoms with Crippen LogP contribution in [0.5, 0.6) is 11.5 Å². The van der Waals surface area contributed by atoms with E-state index in [1.807, 2.05) is 18.2 Å². The number of allylic oxidation sites excluding steroid dienone is 2. The number of Topliss-reactive ketones (excluding diaryl/α,β-unsaturated/α-hetero) is 1. The largest absolute Gasteiger partial charge is 0.483 e. The molecular formula is C28H41N3O4. The molecule has 2 heterocycles. The Morgan fingerprint density at radius 1 is 1.17 bits per heavy atom. The number of hydrogen-bond acceptors (Lipinski definition) is 6. The number of carbonyl (C=O) groups excluding carboxylic acids is 2. The van der Waals surface area contributed by atoms with Gasteiger partial charge in [0, 0.05) is 32.7 Å². The number of amides is 1. The van der Waals surface area contributed by atoms with Crippen LogP contribution < -0.4 is 14.8 Å². The lowest BCUT2D eigenvalue weighted by atomic mass is 9.93. The number of nitrogens with zero attached hydrogens (tertiary/aromatic N) is 2. The van der Waals surface area contributed by atoms with E-state index in [9.17, 15) is 9.59 Å². The molecule has 0 spiro atoms. The SMILES string of the molecule is CC(=O)c1ccc2c(c1OCC(=O)NCCCN1CCN(C)CC1)C=CC(C)(CCC=C(C)C)O2. The predicted molar refractivity (Wildman–Crippen MR) is 140 cm³/mol. The Bertz CT molecular complexity index is 959. The van der Waals surface area contributed by atoms with E-state index in [1.165, 1.54) is 12.5 Å². The number of hydrogen-bond donors (Lipinski definition) is 1. The summed E-state index contributed by atoms with van der Waals surface area (Å²) in [6.45, 7) is 13.5. The van der Waals surface area contributed by atoms with Gasteiger partial charge < -0.3 is 24.6 Å². The normalized spacial score (nSPS) is 20.0. The van der Waals surface area contributed by atoms with Crippen LogP contribution in [0.4, 0.5) is 0 Å². The van der Waals surface area contributed by atoms with Crippen molar-refractivity contribution in [1.82, 2.24) is 15.1 Å². The minimum absolute atomic E-state index is 0.110. The summed E-state index contributed by atoms with van der Waals surface area (Å²) in [5.74, 6) is 0.772. The molecule has 0 aromatic heterocycles. The quantitative estimate of drug-likeness (QED) is 0.292. The highest BCUT2D eigenvalue weighted by Gasteiger charge is 2.29. The van der Waals surface area contributed by atoms with Crippen molar-refractivity contribution in [2.75, 3.05) is 52.9 Å². The smallest absolute Gasteiger partial charge is 0.257 e. The van der Waals surface area contributed by atoms with Gasteiger partial charge in [-0.1, -0.05) is 11.6 Å². The van der Waals surface area contributed by atoms with Gasteiger partial charge in [-0.15, -0.1) is 0 Å². The van der Waals surface area contributed by atoms with Crippen LogP contribution in [-0.2, 0) is 4.79 Å². The van der Waals surface area contributed by atoms with Crippen LogP contribution in [0.15, 0.2) is 29.9 Å². The maximum Gasteiger partial charge on any atom is 0.257 e. The van der Waals surface area contributed by atoms with E-state index in [2.05, 4.69) is 49.0 Å². The zero-order valence-corrected chi connectivity index (χ0v) is 22.0. The van der Waals surface area contributed by atoms with Crippen LogP contribution in [0.3, 0.4) is 0 Å². The first-order chi connectivity index (χ1) is 16.7. The molecule has 2 aliphatic heterocycles. The van der Waals surface area contributed by atoms with Crippen molar-refractivity contribution in [3.05, 3.63) is 41.0 Å². The number of piperazine rings is 1. The predicted octanol–water partition coefficient (Wildman–Crippen LogP) is 3.93. The summed E-state index contributed by atoms with van der Waals surface area (Å²) in [5.41, 5.74) is 2.01. The van der Waals surface area contributed by atoms with Gasteiger partial charge in [0.15, 0.2) is 12.4 Å². The maximum absolute atomic E-state index is 12.4. The second-order valence-corrected chi connectivity index (χ2v) is 10.1. The Hall–Kier alpha value is -2.64. The Balaban J connectivity index is 1.56. The number of ketones is 1. The number of ether oxygens (including phenoxy) is 2. The third-order valence-electron chi connectivity index (χ3n) is 6.59. The summed E-state index contributed by atoms with van der Waals surface area (Å²) < 4.78 is 12.2. The molecule has 3 rings (SSSR count). The van der Waals surface area contributed by atoms with E-state index in [1.54, 1.807) is 6.07 Å². The highest BCUT2D eigenvalue weighted by molar-refractivity contribution is 5.99. The van der Waals surface area contributed by atoms with Crippen molar-refractivity contribution in [3.63, 3.8) is 0 Å². The van der Waals surface area contributed by atoms with Gasteiger partial charge in [0.25, 0.3) is 5.91 Å². The molecule has 1 atom stereocenters. The number of likely N-dealkylation sites (N-methyl/N-ethyl adjacent to an activating group) is 1. The Morgan fingerprint density at radius 3 is 2.60 bits per heavy atom. The van der Waals surface area contributed by atoms with E-state index >= 15 is 0 Å². The fourth-order valence-electron chi connectivity index (χ4n) is 4.38. The van der Waals surface area contributed by atoms with Crippen molar-refractivity contribution >= 4 is 17.8 Å². The Kier molecular flexibility index (Phi) is 9.52. The third kappa shape index (κ3) is 7.94. The zero-order chi connectivity index (χ0) is 25.4. The van der Waals surface area contributed by atoms with Crippen molar-refractivity contribution < 1.29 is 19.1 Å². The van der Waals surface area contributed by atoms with Crippen LogP contribution in [0.25, 0.3) is 6.08 Å². The number of nitrogens with one attached hydrogen (secondary N) is 1. The minimum Gasteiger partial charge on any atom is -0.483 e. The first kappa shape index (κ1) is 27.0. The molecule has 1 N–H and O–H groups in total. The van der Waals surface area contributed by atoms with Crippen molar-refractivity contribution in [2.45, 2.75) is 52.6 Å². The van der Waals surface area contributed by atoms with Crippen LogP contribution in [0.2, 0.25) is 0 Å². The monoisotopic (exact) mass is 483 g/mol. The lowest BCUT2D eigenvalue weighted by Gasteiger charge is -2.32. The van der Waals surface area contributed by atoms with E-state index in [4.69, 9.17) is 9.47 Å². The molecule has 35 heavy (non-hydrogen) atoms. The van der Waals surface area contributed by atoms with Crippen molar-refractivity contribution in [1.29, 1.82) is 0 Å². The lowest BCUT2D eigenvalue weighted by Crippen LogP contribution is -2.45. The first-order valence-corrected chi connectivity index (χ1v) is 12.7. The summed E-state index contributed by atoms with van der Waals surface area (Å²) in [5, 5.41) is 2.93. The number of rotatable bonds is 11. The molecule has 1 fully saturated rings. The molecule has 1 aromatic rings. The molecule has 192 valence electrons. The molecule has 1 unspecified atom stereocenters. The van der Waals surface area contributed by atoms with Crippen LogP contribution in [-0.4, -0.2) is 80.0 Å². The summed E-state index contributed by atoms with van der Waals surface area (Å²) in [6, 6.07) is 3.54. The number of benzene rings is 1. The molecule has 0 radical (unpaired) electrons. The highest BCUT2D eigenvalue weighted by Crippen LogP contribution is 2.40. The van der Waals surface area contributed by atoms with Gasteiger partial charge in [-0.05, 0) is 84.8 Å². The molecule has 1 amide bonds. The van der Waals surface area contributed by atoms with E-state index in [0.717, 1.165) is 52.0 Å². The fraction of sp³-hybridized carbons (Fsp3) is 0.571. The molecular weight excluding hydrogens is 442 g/mol. The average Bonchev–Trinajstić information content (AvgIpc) is 2.80. The topological polar surface area (TPSA) is 71.1 Å². The summed E-state index contributed by atoms with van der Waals surface area (Å²) >= 11 is 0. The molecule has 2 aliphatic rings. The van der Waals surface area contributed by atoms with Gasteiger partial charge in [-0.3, -0.25) is 9.59 Å². The molecule has 7 nitrogen and oxygen atoms in total. The summed E-state index contributed by atoms with van der Waals surface area (Å²) in [6.07, 6.45) is 8.84. The summed E-state index contributed by atoms with van der Waals surface area (Å²) in [7, 11) is 2.14. The standard InChI is InChI=1S/C28H41N3O4/c1-21(2)8-6-12-28(4)13-11-24-25(35-28)10-9-23(22(3)32)27(24)34-20-26(33)29-14-7-15-31-18-16-30(5)17-19-31/h8-11,13H,6-7,12,14-20H2,1-5H3,(H,29,33). The van der Waals surface area contributed by atoms with E-state index < -0.39 is 5.60 Å². The molecule has 0 aliphatic carbocycles. The van der Waals surface area contributed by atoms with Gasteiger partial charge in [-0.25, -0.2) is 0 Å². The van der Waals surface area contributed by atoms with E-state index in [0.29, 0.717) is 29.2 Å². The average molecular weight is 484 g/mol. The van der Waals surface area contributed by atoms with Crippen molar-refractivity contribution in [2.24, 2.45) is 0 Å². The van der Waals surface area contributed by atoms with Crippen molar-refractivity contribution in [3.8, 4) is 11.5 Å². The molecule has 0 saturated carbocycles. The maximum atomic E-state index is 12.4. The minimum atomic E-state index is -0.435. The molecule has 0 bridgehead atoms. The number of fused-ring (bicyclic) bond motifs is 1. The number of carbonyl (C=O) groups is 2. The Morgan fingerprint density at radius 2 is 1.91 bits per heavy atom. The molecule has 7 heteroatoms. The fourth-order valence-corrected chi connectivity index (χ4v) is 4.38. The molecule has 1 saturated heterocycles. The van der Waals surface area contributed by atoms with Gasteiger partial charge in [0.1, 0.15) is 17.1 Å². The van der Waals surface area contributed by atoms with Gasteiger partial charge in [-0.2, -0.15) is 0 Å². The Labute approximate surface area is 210 Å². The highest BCUT2D eigenvalue weighted by atomic mass is 16.5. The van der Waals surface area contributed by atoms with Crippen LogP contribution in [0.1, 0.15) is 62.9 Å². The molecule has 1 aromatic carbocycles. The van der Waals surface area contributed by atoms with Crippen LogP contribution in [0, 0.1) is 0 Å². The second kappa shape index (κ2) is 12.4. The third-order valence-corrected chi connectivity index (χ3v) is 6.59. The van der Waals surface area contributed by atoms with E-state index in [-0.39, 0.29) is 18.3 Å². The van der Waals surface area contributed by atoms with Crippen LogP contribution >= 0.6 is 0 Å². The van der Waals surface area contributed by atoms with Gasteiger partial charge in [0.05, 0.1) is 11.1 Å². The first-order valence-electron chi connectivity index (χ1n) is 12.7. The lowest BCUT2D eigenvalue weighted by molar-refractivity contribution is -0.123. The van der Waals surface area contributed by atoms with Gasteiger partial charge in [0.2, 0.25) is 0 Å². The zero-order valence-electron chi connectivity index (χ0n) is 22.0. The second-order valence-electron chi connectivity index (χ2n) is 10.1. The van der Waals surface area contributed by atoms with Gasteiger partial charge >= 0.3 is 0 Å². The summed E-state index contributed by atoms with van der Waals surface area (Å²) in [4.78, 5) is 29.5.